The van der Waals surface area contributed by atoms with Gasteiger partial charge >= 0.3 is 0 Å². The zero-order chi connectivity index (χ0) is 18.3. The van der Waals surface area contributed by atoms with Crippen LogP contribution in [0.25, 0.3) is 0 Å². The Labute approximate surface area is 167 Å². The molecule has 124 valence electrons. The molecule has 0 aromatic heterocycles. The number of carbonyl (C=O) groups excluding carboxylic acids is 1. The van der Waals surface area contributed by atoms with Crippen LogP contribution in [0.1, 0.15) is 18.1 Å². The van der Waals surface area contributed by atoms with E-state index in [-0.39, 0.29) is 26.5 Å². The minimum Gasteiger partial charge on any atom is -0.325 e. The molecule has 1 aliphatic heterocycles. The van der Waals surface area contributed by atoms with E-state index in [4.69, 9.17) is 34.8 Å². The Bertz CT molecular complexity index is 1030. The first-order valence-corrected chi connectivity index (χ1v) is 9.46. The van der Waals surface area contributed by atoms with Crippen molar-refractivity contribution in [3.63, 3.8) is 0 Å². The number of amides is 1. The monoisotopic (exact) mass is 425 g/mol. The molecule has 4 nitrogen and oxygen atoms in total. The number of nitriles is 2. The number of carbonyl (C=O) groups is 1. The van der Waals surface area contributed by atoms with Gasteiger partial charge in [0.25, 0.3) is 0 Å². The molecule has 2 aromatic rings. The number of nitrogens with zero attached hydrogens (tertiary/aromatic N) is 2. The molecule has 2 aromatic carbocycles. The molecule has 3 rings (SSSR count). The van der Waals surface area contributed by atoms with E-state index in [0.717, 1.165) is 9.79 Å². The van der Waals surface area contributed by atoms with Crippen LogP contribution in [-0.2, 0) is 4.79 Å². The number of fused-ring (bicyclic) bond motifs is 2. The van der Waals surface area contributed by atoms with Gasteiger partial charge in [0.15, 0.2) is 0 Å². The summed E-state index contributed by atoms with van der Waals surface area (Å²) in [6, 6.07) is 7.42. The van der Waals surface area contributed by atoms with Crippen molar-refractivity contribution in [1.29, 1.82) is 10.5 Å². The van der Waals surface area contributed by atoms with Crippen LogP contribution in [0.3, 0.4) is 0 Å². The highest BCUT2D eigenvalue weighted by atomic mass is 35.5. The second-order valence-electron chi connectivity index (χ2n) is 4.93. The van der Waals surface area contributed by atoms with Gasteiger partial charge in [-0.1, -0.05) is 58.3 Å². The Morgan fingerprint density at radius 2 is 1.60 bits per heavy atom. The molecule has 0 atom stereocenters. The van der Waals surface area contributed by atoms with Gasteiger partial charge in [0, 0.05) is 26.5 Å². The van der Waals surface area contributed by atoms with Crippen molar-refractivity contribution in [2.45, 2.75) is 26.5 Å². The summed E-state index contributed by atoms with van der Waals surface area (Å²) in [5.74, 6) is -0.273. The molecular weight excluding hydrogens is 421 g/mol. The summed E-state index contributed by atoms with van der Waals surface area (Å²) < 4.78 is 0. The molecule has 1 aliphatic rings. The van der Waals surface area contributed by atoms with Gasteiger partial charge in [0.2, 0.25) is 5.91 Å². The summed E-state index contributed by atoms with van der Waals surface area (Å²) in [6.07, 6.45) is 0. The molecule has 0 saturated heterocycles. The highest BCUT2D eigenvalue weighted by Gasteiger charge is 2.28. The molecule has 1 amide bonds. The van der Waals surface area contributed by atoms with E-state index in [0.29, 0.717) is 21.0 Å². The maximum absolute atomic E-state index is 11.3. The number of halogens is 3. The average molecular weight is 427 g/mol. The van der Waals surface area contributed by atoms with Crippen LogP contribution in [-0.4, -0.2) is 5.91 Å². The van der Waals surface area contributed by atoms with Gasteiger partial charge in [0.05, 0.1) is 31.9 Å². The fourth-order valence-electron chi connectivity index (χ4n) is 2.22. The third-order valence-electron chi connectivity index (χ3n) is 3.29. The van der Waals surface area contributed by atoms with E-state index >= 15 is 0 Å². The SMILES string of the molecule is CC(=O)Nc1cc2c(cc1C#N)Sc1c(Cl)c(Cl)c(C#N)c(Cl)c1S2. The van der Waals surface area contributed by atoms with Crippen molar-refractivity contribution in [3.05, 3.63) is 38.3 Å². The van der Waals surface area contributed by atoms with Crippen molar-refractivity contribution >= 4 is 69.9 Å². The van der Waals surface area contributed by atoms with Crippen LogP contribution in [0.15, 0.2) is 31.7 Å². The Kier molecular flexibility index (Phi) is 5.11. The van der Waals surface area contributed by atoms with Gasteiger partial charge in [-0.25, -0.2) is 0 Å². The van der Waals surface area contributed by atoms with Crippen molar-refractivity contribution in [3.8, 4) is 12.1 Å². The Morgan fingerprint density at radius 1 is 1.00 bits per heavy atom. The van der Waals surface area contributed by atoms with Gasteiger partial charge < -0.3 is 5.32 Å². The zero-order valence-corrected chi connectivity index (χ0v) is 16.3. The molecule has 0 bridgehead atoms. The minimum atomic E-state index is -0.273. The Hall–Kier alpha value is -1.54. The van der Waals surface area contributed by atoms with Crippen LogP contribution < -0.4 is 5.32 Å². The maximum Gasteiger partial charge on any atom is 0.221 e. The Morgan fingerprint density at radius 3 is 2.16 bits per heavy atom. The molecule has 9 heteroatoms. The smallest absolute Gasteiger partial charge is 0.221 e. The predicted octanol–water partition coefficient (Wildman–Crippen LogP) is 5.96. The van der Waals surface area contributed by atoms with Gasteiger partial charge in [-0.2, -0.15) is 10.5 Å². The van der Waals surface area contributed by atoms with Crippen molar-refractivity contribution in [2.75, 3.05) is 5.32 Å². The van der Waals surface area contributed by atoms with E-state index in [1.165, 1.54) is 30.4 Å². The van der Waals surface area contributed by atoms with Crippen molar-refractivity contribution in [1.82, 2.24) is 0 Å². The van der Waals surface area contributed by atoms with Gasteiger partial charge in [-0.15, -0.1) is 0 Å². The number of anilines is 1. The third-order valence-corrected chi connectivity index (χ3v) is 7.34. The molecule has 1 N–H and O–H groups in total. The van der Waals surface area contributed by atoms with E-state index in [9.17, 15) is 15.3 Å². The van der Waals surface area contributed by atoms with Gasteiger partial charge in [-0.05, 0) is 12.1 Å². The lowest BCUT2D eigenvalue weighted by Gasteiger charge is -2.23. The highest BCUT2D eigenvalue weighted by molar-refractivity contribution is 8.05. The summed E-state index contributed by atoms with van der Waals surface area (Å²) in [6.45, 7) is 1.37. The number of benzene rings is 2. The quantitative estimate of drug-likeness (QED) is 0.485. The predicted molar refractivity (Wildman–Crippen MR) is 99.9 cm³/mol. The lowest BCUT2D eigenvalue weighted by Crippen LogP contribution is -2.08. The van der Waals surface area contributed by atoms with Crippen LogP contribution >= 0.6 is 58.3 Å². The second-order valence-corrected chi connectivity index (χ2v) is 8.17. The summed E-state index contributed by atoms with van der Waals surface area (Å²) >= 11 is 21.4. The first-order valence-electron chi connectivity index (χ1n) is 6.69. The van der Waals surface area contributed by atoms with Crippen molar-refractivity contribution in [2.24, 2.45) is 0 Å². The molecule has 0 fully saturated rings. The topological polar surface area (TPSA) is 76.7 Å². The van der Waals surface area contributed by atoms with E-state index in [2.05, 4.69) is 11.4 Å². The minimum absolute atomic E-state index is 0.111. The highest BCUT2D eigenvalue weighted by Crippen LogP contribution is 2.56. The van der Waals surface area contributed by atoms with Crippen LogP contribution in [0.2, 0.25) is 15.1 Å². The molecular formula is C16H6Cl3N3OS2. The molecule has 0 spiro atoms. The normalized spacial score (nSPS) is 11.8. The lowest BCUT2D eigenvalue weighted by atomic mass is 10.2. The van der Waals surface area contributed by atoms with E-state index in [1.54, 1.807) is 12.1 Å². The molecule has 0 aliphatic carbocycles. The molecule has 0 unspecified atom stereocenters. The Balaban J connectivity index is 2.18. The fraction of sp³-hybridized carbons (Fsp3) is 0.0625. The van der Waals surface area contributed by atoms with Crippen molar-refractivity contribution < 1.29 is 4.79 Å². The first kappa shape index (κ1) is 18.3. The standard InChI is InChI=1S/C16H6Cl3N3OS2/c1-6(23)22-9-3-11-10(2-7(9)4-20)24-16-14(19)12(17)8(5-21)13(18)15(16)25-11/h2-3H,1H3,(H,22,23). The third kappa shape index (κ3) is 3.17. The largest absolute Gasteiger partial charge is 0.325 e. The summed E-state index contributed by atoms with van der Waals surface area (Å²) in [5.41, 5.74) is 0.883. The van der Waals surface area contributed by atoms with E-state index < -0.39 is 0 Å². The van der Waals surface area contributed by atoms with Crippen LogP contribution in [0.5, 0.6) is 0 Å². The molecule has 25 heavy (non-hydrogen) atoms. The number of hydrogen-bond acceptors (Lipinski definition) is 5. The van der Waals surface area contributed by atoms with Crippen LogP contribution in [0, 0.1) is 22.7 Å². The number of nitrogens with one attached hydrogen (secondary N) is 1. The van der Waals surface area contributed by atoms with Crippen LogP contribution in [0.4, 0.5) is 5.69 Å². The number of rotatable bonds is 1. The summed E-state index contributed by atoms with van der Waals surface area (Å²) in [5, 5.41) is 21.8. The second kappa shape index (κ2) is 6.99. The van der Waals surface area contributed by atoms with E-state index in [1.807, 2.05) is 6.07 Å². The van der Waals surface area contributed by atoms with Gasteiger partial charge in [0.1, 0.15) is 12.1 Å². The first-order chi connectivity index (χ1) is 11.9. The molecule has 0 saturated carbocycles. The fourth-order valence-corrected chi connectivity index (χ4v) is 5.71. The lowest BCUT2D eigenvalue weighted by molar-refractivity contribution is -0.114. The molecule has 0 radical (unpaired) electrons. The van der Waals surface area contributed by atoms with Gasteiger partial charge in [-0.3, -0.25) is 4.79 Å². The molecule has 1 heterocycles. The zero-order valence-electron chi connectivity index (χ0n) is 12.4. The number of hydrogen-bond donors (Lipinski definition) is 1. The maximum atomic E-state index is 11.3. The average Bonchev–Trinajstić information content (AvgIpc) is 2.58. The summed E-state index contributed by atoms with van der Waals surface area (Å²) in [7, 11) is 0. The summed E-state index contributed by atoms with van der Waals surface area (Å²) in [4.78, 5) is 14.2.